The Morgan fingerprint density at radius 1 is 1.18 bits per heavy atom. The first-order valence-electron chi connectivity index (χ1n) is 10.7. The molecule has 0 amide bonds. The molecule has 2 fully saturated rings. The van der Waals surface area contributed by atoms with E-state index >= 15 is 0 Å². The molecule has 33 heavy (non-hydrogen) atoms. The van der Waals surface area contributed by atoms with Crippen LogP contribution in [0.25, 0.3) is 0 Å². The summed E-state index contributed by atoms with van der Waals surface area (Å²) in [5, 5.41) is 32.1. The van der Waals surface area contributed by atoms with E-state index in [2.05, 4.69) is 17.9 Å². The van der Waals surface area contributed by atoms with E-state index < -0.39 is 77.7 Å². The van der Waals surface area contributed by atoms with Crippen LogP contribution < -0.4 is 0 Å². The lowest BCUT2D eigenvalue weighted by atomic mass is 9.51. The Hall–Kier alpha value is -2.56. The van der Waals surface area contributed by atoms with Crippen LogP contribution in [0.2, 0.25) is 0 Å². The average molecular weight is 468 g/mol. The van der Waals surface area contributed by atoms with Gasteiger partial charge >= 0.3 is 17.9 Å². The van der Waals surface area contributed by atoms with E-state index in [0.717, 1.165) is 20.3 Å². The molecule has 0 aromatic heterocycles. The van der Waals surface area contributed by atoms with Crippen LogP contribution in [0.15, 0.2) is 24.3 Å². The summed E-state index contributed by atoms with van der Waals surface area (Å²) in [4.78, 5) is 47.6. The maximum absolute atomic E-state index is 12.7. The van der Waals surface area contributed by atoms with Crippen LogP contribution in [0, 0.1) is 23.2 Å². The van der Waals surface area contributed by atoms with Crippen molar-refractivity contribution in [3.05, 3.63) is 24.3 Å². The van der Waals surface area contributed by atoms with Gasteiger partial charge in [-0.05, 0) is 19.3 Å². The van der Waals surface area contributed by atoms with Crippen LogP contribution in [-0.2, 0) is 33.4 Å². The molecule has 0 radical (unpaired) electrons. The number of esters is 3. The molecule has 3 N–H and O–H groups in total. The van der Waals surface area contributed by atoms with Crippen molar-refractivity contribution in [2.24, 2.45) is 23.2 Å². The monoisotopic (exact) mass is 468 g/mol. The van der Waals surface area contributed by atoms with Gasteiger partial charge in [-0.2, -0.15) is 0 Å². The summed E-state index contributed by atoms with van der Waals surface area (Å²) in [6.45, 7) is 9.53. The van der Waals surface area contributed by atoms with Crippen LogP contribution in [0.4, 0.5) is 0 Å². The summed E-state index contributed by atoms with van der Waals surface area (Å²) < 4.78 is 14.9. The van der Waals surface area contributed by atoms with Crippen molar-refractivity contribution in [3.8, 4) is 0 Å². The summed E-state index contributed by atoms with van der Waals surface area (Å²) in [6, 6.07) is 0. The van der Waals surface area contributed by atoms with Crippen molar-refractivity contribution in [3.63, 3.8) is 0 Å². The lowest BCUT2D eigenvalue weighted by Crippen LogP contribution is -2.62. The quantitative estimate of drug-likeness (QED) is 0.193. The molecule has 2 aliphatic rings. The van der Waals surface area contributed by atoms with Gasteiger partial charge in [-0.1, -0.05) is 20.1 Å². The molecule has 0 spiro atoms. The molecule has 184 valence electrons. The Labute approximate surface area is 192 Å². The Kier molecular flexibility index (Phi) is 8.56. The minimum atomic E-state index is -1.53. The van der Waals surface area contributed by atoms with Crippen LogP contribution in [0.1, 0.15) is 33.1 Å². The molecule has 10 nitrogen and oxygen atoms in total. The van der Waals surface area contributed by atoms with Gasteiger partial charge in [-0.3, -0.25) is 4.79 Å². The molecule has 0 unspecified atom stereocenters. The number of aldehydes is 1. The first kappa shape index (κ1) is 26.7. The van der Waals surface area contributed by atoms with Gasteiger partial charge in [0, 0.05) is 29.7 Å². The zero-order valence-corrected chi connectivity index (χ0v) is 19.1. The number of methoxy groups -OCH3 is 1. The van der Waals surface area contributed by atoms with E-state index in [9.17, 15) is 34.5 Å². The van der Waals surface area contributed by atoms with Crippen LogP contribution in [0.3, 0.4) is 0 Å². The van der Waals surface area contributed by atoms with Crippen molar-refractivity contribution in [2.45, 2.75) is 57.5 Å². The average Bonchev–Trinajstić information content (AvgIpc) is 2.77. The second-order valence-electron chi connectivity index (χ2n) is 8.95. The van der Waals surface area contributed by atoms with Gasteiger partial charge in [0.15, 0.2) is 0 Å². The number of aliphatic hydroxyl groups excluding tert-OH is 3. The second kappa shape index (κ2) is 10.6. The first-order valence-corrected chi connectivity index (χ1v) is 10.7. The highest BCUT2D eigenvalue weighted by Gasteiger charge is 2.60. The smallest absolute Gasteiger partial charge is 0.336 e. The van der Waals surface area contributed by atoms with Gasteiger partial charge in [0.25, 0.3) is 0 Å². The van der Waals surface area contributed by atoms with Crippen LogP contribution in [0.5, 0.6) is 0 Å². The largest absolute Gasteiger partial charge is 0.466 e. The zero-order chi connectivity index (χ0) is 25.1. The molecule has 0 aromatic rings. The number of aliphatic hydroxyl groups is 3. The third-order valence-electron chi connectivity index (χ3n) is 6.93. The molecule has 0 aromatic carbocycles. The number of ether oxygens (including phenoxy) is 3. The molecule has 8 atom stereocenters. The van der Waals surface area contributed by atoms with E-state index in [1.54, 1.807) is 6.92 Å². The van der Waals surface area contributed by atoms with Crippen LogP contribution >= 0.6 is 0 Å². The van der Waals surface area contributed by atoms with E-state index in [0.29, 0.717) is 12.8 Å². The summed E-state index contributed by atoms with van der Waals surface area (Å²) >= 11 is 0. The van der Waals surface area contributed by atoms with E-state index in [1.165, 1.54) is 0 Å². The number of fused-ring (bicyclic) bond motifs is 1. The van der Waals surface area contributed by atoms with Crippen molar-refractivity contribution >= 4 is 24.2 Å². The minimum Gasteiger partial charge on any atom is -0.466 e. The molecule has 0 aliphatic heterocycles. The molecule has 10 heteroatoms. The third-order valence-corrected chi connectivity index (χ3v) is 6.93. The Morgan fingerprint density at radius 2 is 1.82 bits per heavy atom. The maximum Gasteiger partial charge on any atom is 0.336 e. The lowest BCUT2D eigenvalue weighted by Gasteiger charge is -2.56. The second-order valence-corrected chi connectivity index (χ2v) is 8.95. The van der Waals surface area contributed by atoms with Gasteiger partial charge in [-0.15, -0.1) is 0 Å². The minimum absolute atomic E-state index is 0.0139. The fourth-order valence-electron chi connectivity index (χ4n) is 5.10. The van der Waals surface area contributed by atoms with E-state index in [1.807, 2.05) is 0 Å². The van der Waals surface area contributed by atoms with Gasteiger partial charge < -0.3 is 34.3 Å². The predicted molar refractivity (Wildman–Crippen MR) is 113 cm³/mol. The lowest BCUT2D eigenvalue weighted by molar-refractivity contribution is -0.198. The van der Waals surface area contributed by atoms with Gasteiger partial charge in [0.05, 0.1) is 30.8 Å². The first-order chi connectivity index (χ1) is 15.4. The van der Waals surface area contributed by atoms with E-state index in [-0.39, 0.29) is 12.0 Å². The fraction of sp³-hybridized carbons (Fsp3) is 0.652. The molecule has 0 bridgehead atoms. The zero-order valence-electron chi connectivity index (χ0n) is 19.1. The van der Waals surface area contributed by atoms with Gasteiger partial charge in [-0.25, -0.2) is 9.59 Å². The normalized spacial score (nSPS) is 34.2. The number of carbonyl (C=O) groups is 4. The molecular weight excluding hydrogens is 436 g/mol. The summed E-state index contributed by atoms with van der Waals surface area (Å²) in [5.74, 6) is -4.91. The maximum atomic E-state index is 12.7. The highest BCUT2D eigenvalue weighted by Crippen LogP contribution is 2.55. The third kappa shape index (κ3) is 5.34. The number of carbonyl (C=O) groups excluding carboxylic acids is 4. The highest BCUT2D eigenvalue weighted by molar-refractivity contribution is 5.90. The Morgan fingerprint density at radius 3 is 2.36 bits per heavy atom. The van der Waals surface area contributed by atoms with E-state index in [4.69, 9.17) is 9.47 Å². The predicted octanol–water partition coefficient (Wildman–Crippen LogP) is 0.0807. The SMILES string of the molecule is C=C(C(=O)OC)[C@H]1[C@H](O)[C@H]2[C@@H](C=O)CC[C@@H](O)[C@]2(C)C[C@@H]1OC(=O)C(=C)[C@H](O)COC(C)=O. The standard InChI is InChI=1S/C23H32O10/c1-11(15(26)10-32-13(3)25)22(30)33-16-8-23(4)17(27)7-6-14(9-24)19(23)20(28)18(16)12(2)21(29)31-5/h9,14-20,26-28H,1-2,6-8,10H2,3-5H3/t14-,15-,16+,17-,18-,19-,20+,23+/m1/s1. The molecule has 2 aliphatic carbocycles. The Balaban J connectivity index is 2.36. The summed E-state index contributed by atoms with van der Waals surface area (Å²) in [6.07, 6.45) is -3.48. The van der Waals surface area contributed by atoms with Crippen LogP contribution in [-0.4, -0.2) is 77.6 Å². The highest BCUT2D eigenvalue weighted by atomic mass is 16.6. The van der Waals surface area contributed by atoms with Gasteiger partial charge in [0.2, 0.25) is 0 Å². The molecule has 0 saturated heterocycles. The van der Waals surface area contributed by atoms with Gasteiger partial charge in [0.1, 0.15) is 25.1 Å². The molecule has 2 rings (SSSR count). The number of hydrogen-bond acceptors (Lipinski definition) is 10. The Bertz CT molecular complexity index is 820. The summed E-state index contributed by atoms with van der Waals surface area (Å²) in [7, 11) is 1.14. The number of hydrogen-bond donors (Lipinski definition) is 3. The molecular formula is C23H32O10. The summed E-state index contributed by atoms with van der Waals surface area (Å²) in [5.41, 5.74) is -1.55. The fourth-order valence-corrected chi connectivity index (χ4v) is 5.10. The van der Waals surface area contributed by atoms with Crippen molar-refractivity contribution in [1.29, 1.82) is 0 Å². The van der Waals surface area contributed by atoms with Crippen molar-refractivity contribution in [1.82, 2.24) is 0 Å². The topological polar surface area (TPSA) is 157 Å². The molecule has 2 saturated carbocycles. The number of rotatable bonds is 8. The van der Waals surface area contributed by atoms with Crippen molar-refractivity contribution in [2.75, 3.05) is 13.7 Å². The van der Waals surface area contributed by atoms with Crippen molar-refractivity contribution < 1.29 is 48.7 Å². The molecule has 0 heterocycles.